The third-order valence-corrected chi connectivity index (χ3v) is 12.1. The van der Waals surface area contributed by atoms with Crippen LogP contribution >= 0.6 is 15.4 Å². The Kier molecular flexibility index (Phi) is 13.6. The normalized spacial score (nSPS) is 25.8. The van der Waals surface area contributed by atoms with Crippen LogP contribution in [0, 0.1) is 0 Å². The van der Waals surface area contributed by atoms with Crippen molar-refractivity contribution in [2.24, 2.45) is 0 Å². The zero-order valence-corrected chi connectivity index (χ0v) is 33.4. The summed E-state index contributed by atoms with van der Waals surface area (Å²) in [5.74, 6) is -1.66. The lowest BCUT2D eigenvalue weighted by Gasteiger charge is -2.30. The first-order chi connectivity index (χ1) is 28.4. The summed E-state index contributed by atoms with van der Waals surface area (Å²) < 4.78 is 55.4. The van der Waals surface area contributed by atoms with Crippen molar-refractivity contribution >= 4 is 50.1 Å². The molecule has 0 bridgehead atoms. The molecule has 1 unspecified atom stereocenters. The van der Waals surface area contributed by atoms with Gasteiger partial charge in [0.25, 0.3) is 0 Å². The van der Waals surface area contributed by atoms with E-state index in [0.29, 0.717) is 12.0 Å². The second-order valence-corrected chi connectivity index (χ2v) is 16.9. The fourth-order valence-corrected chi connectivity index (χ4v) is 8.73. The number of aromatic nitrogens is 7. The number of hydrogen-bond donors (Lipinski definition) is 7. The smallest absolute Gasteiger partial charge is 0.455 e. The van der Waals surface area contributed by atoms with Gasteiger partial charge in [0.05, 0.1) is 19.5 Å². The molecule has 2 saturated heterocycles. The molecular weight excluding hydrogens is 838 g/mol. The van der Waals surface area contributed by atoms with Crippen LogP contribution in [-0.2, 0) is 48.4 Å². The molecule has 0 radical (unpaired) electrons. The Morgan fingerprint density at radius 2 is 1.75 bits per heavy atom. The van der Waals surface area contributed by atoms with Crippen LogP contribution in [0.5, 0.6) is 0 Å². The van der Waals surface area contributed by atoms with Crippen LogP contribution in [0.4, 0.5) is 11.6 Å². The van der Waals surface area contributed by atoms with Crippen molar-refractivity contribution in [2.75, 3.05) is 31.7 Å². The van der Waals surface area contributed by atoms with Crippen molar-refractivity contribution in [2.45, 2.75) is 73.9 Å². The monoisotopic (exact) mass is 880 g/mol. The number of phosphoric acid groups is 1. The average molecular weight is 881 g/mol. The lowest BCUT2D eigenvalue weighted by atomic mass is 10.1. The van der Waals surface area contributed by atoms with Gasteiger partial charge in [-0.2, -0.15) is 4.98 Å². The van der Waals surface area contributed by atoms with Crippen LogP contribution in [0.1, 0.15) is 30.9 Å². The standard InChI is InChI=1S/C33H42N10O15P2/c1-3-4-7-22(44)41(2)18(11-17-6-5-9-36-12-17)32(47)58-26-19(56-30(24(26)45)43-16-39-23-28(35)37-15-38-29(23)43)13-54-59(49,50)27-20(14-55-60(51,52)53)57-31(25(27)46)42-10-8-21(34)40-33(42)48/h3,5-6,8-10,12,15-16,18-20,24-27,30-31,45-46H,1,4,7,11,13-14H2,2H3,(H,49,50)(H2,34,40,48)(H2,35,37,38)(H2,51,52,53)/t18-,19+,20+,24+,25+,26+,27+,30+,31+/m0/s1. The molecule has 0 saturated carbocycles. The lowest BCUT2D eigenvalue weighted by Crippen LogP contribution is -2.48. The number of ether oxygens (including phenoxy) is 3. The lowest BCUT2D eigenvalue weighted by molar-refractivity contribution is -0.165. The van der Waals surface area contributed by atoms with E-state index in [0.717, 1.165) is 17.1 Å². The molecule has 0 aliphatic carbocycles. The third kappa shape index (κ3) is 9.77. The Balaban J connectivity index is 1.31. The SMILES string of the molecule is C=CCCC(=O)N(C)[C@@H](Cc1cccnc1)C(=O)O[C@H]1[C@@H](O)[C@H](n2cnc3c(N)ncnc32)O[C@@H]1COP(=O)(O)[C@H]1[C@@H](O)[C@H](n2ccc(N)nc2=O)O[C@@H]1COP(=O)(O)O. The Hall–Kier alpha value is -5.04. The highest BCUT2D eigenvalue weighted by atomic mass is 31.2. The molecule has 25 nitrogen and oxygen atoms in total. The van der Waals surface area contributed by atoms with Crippen LogP contribution in [0.3, 0.4) is 0 Å². The molecule has 324 valence electrons. The summed E-state index contributed by atoms with van der Waals surface area (Å²) in [7, 11) is -9.09. The zero-order valence-electron chi connectivity index (χ0n) is 31.6. The minimum atomic E-state index is -5.27. The maximum atomic E-state index is 14.1. The number of nitrogen functional groups attached to an aromatic ring is 2. The predicted molar refractivity (Wildman–Crippen MR) is 204 cm³/mol. The van der Waals surface area contributed by atoms with Gasteiger partial charge < -0.3 is 60.0 Å². The number of amides is 1. The number of allylic oxidation sites excluding steroid dienone is 1. The van der Waals surface area contributed by atoms with Gasteiger partial charge in [0.1, 0.15) is 53.8 Å². The number of pyridine rings is 1. The van der Waals surface area contributed by atoms with Crippen molar-refractivity contribution in [3.05, 3.63) is 78.1 Å². The maximum Gasteiger partial charge on any atom is 0.469 e. The summed E-state index contributed by atoms with van der Waals surface area (Å²) in [5, 5.41) is 23.1. The van der Waals surface area contributed by atoms with Crippen molar-refractivity contribution in [1.29, 1.82) is 0 Å². The minimum Gasteiger partial charge on any atom is -0.455 e. The van der Waals surface area contributed by atoms with Crippen LogP contribution in [-0.4, -0.2) is 138 Å². The maximum absolute atomic E-state index is 14.1. The number of esters is 1. The largest absolute Gasteiger partial charge is 0.469 e. The number of aliphatic hydroxyl groups is 2. The van der Waals surface area contributed by atoms with E-state index in [2.05, 4.69) is 36.0 Å². The average Bonchev–Trinajstić information content (AvgIpc) is 3.87. The highest BCUT2D eigenvalue weighted by molar-refractivity contribution is 7.53. The summed E-state index contributed by atoms with van der Waals surface area (Å²) in [6.07, 6.45) is -3.93. The number of hydrogen-bond acceptors (Lipinski definition) is 19. The van der Waals surface area contributed by atoms with E-state index in [1.54, 1.807) is 12.1 Å². The zero-order chi connectivity index (χ0) is 43.5. The number of nitrogens with zero attached hydrogens (tertiary/aromatic N) is 8. The quantitative estimate of drug-likeness (QED) is 0.0371. The molecule has 0 aromatic carbocycles. The summed E-state index contributed by atoms with van der Waals surface area (Å²) in [5.41, 5.74) is 9.20. The molecule has 60 heavy (non-hydrogen) atoms. The van der Waals surface area contributed by atoms with E-state index in [1.165, 1.54) is 47.4 Å². The van der Waals surface area contributed by atoms with Gasteiger partial charge in [0.2, 0.25) is 5.91 Å². The molecule has 4 aromatic rings. The van der Waals surface area contributed by atoms with Crippen molar-refractivity contribution in [3.8, 4) is 0 Å². The number of carbonyl (C=O) groups excluding carboxylic acids is 2. The summed E-state index contributed by atoms with van der Waals surface area (Å²) in [4.78, 5) is 91.1. The van der Waals surface area contributed by atoms with Crippen LogP contribution in [0.2, 0.25) is 0 Å². The van der Waals surface area contributed by atoms with Crippen molar-refractivity contribution < 1.29 is 66.9 Å². The minimum absolute atomic E-state index is 0.0102. The van der Waals surface area contributed by atoms with Gasteiger partial charge in [0, 0.05) is 38.5 Å². The number of nitrogens with two attached hydrogens (primary N) is 2. The summed E-state index contributed by atoms with van der Waals surface area (Å²) >= 11 is 0. The van der Waals surface area contributed by atoms with Crippen molar-refractivity contribution in [3.63, 3.8) is 0 Å². The summed E-state index contributed by atoms with van der Waals surface area (Å²) in [6, 6.07) is 3.19. The molecule has 6 rings (SSSR count). The fourth-order valence-electron chi connectivity index (χ4n) is 6.75. The van der Waals surface area contributed by atoms with E-state index in [-0.39, 0.29) is 35.6 Å². The molecule has 2 aliphatic rings. The highest BCUT2D eigenvalue weighted by Crippen LogP contribution is 2.56. The number of carbonyl (C=O) groups is 2. The van der Waals surface area contributed by atoms with Gasteiger partial charge in [-0.1, -0.05) is 12.1 Å². The van der Waals surface area contributed by atoms with E-state index >= 15 is 0 Å². The molecule has 2 aliphatic heterocycles. The number of rotatable bonds is 17. The van der Waals surface area contributed by atoms with Crippen molar-refractivity contribution in [1.82, 2.24) is 39.0 Å². The van der Waals surface area contributed by atoms with Gasteiger partial charge in [-0.05, 0) is 24.1 Å². The van der Waals surface area contributed by atoms with E-state index in [1.807, 2.05) is 0 Å². The molecule has 27 heteroatoms. The van der Waals surface area contributed by atoms with Crippen LogP contribution < -0.4 is 17.2 Å². The fraction of sp³-hybridized carbons (Fsp3) is 0.455. The molecule has 10 atom stereocenters. The van der Waals surface area contributed by atoms with Gasteiger partial charge in [-0.25, -0.2) is 29.1 Å². The second kappa shape index (κ2) is 18.3. The molecule has 0 spiro atoms. The Bertz CT molecular complexity index is 2350. The number of likely N-dealkylation sites (N-methyl/N-ethyl adjacent to an activating group) is 1. The Morgan fingerprint density at radius 1 is 1.03 bits per heavy atom. The number of anilines is 2. The second-order valence-electron chi connectivity index (χ2n) is 13.7. The Labute approximate surface area is 339 Å². The first-order valence-electron chi connectivity index (χ1n) is 18.0. The Morgan fingerprint density at radius 3 is 2.43 bits per heavy atom. The van der Waals surface area contributed by atoms with Crippen LogP contribution in [0.15, 0.2) is 66.9 Å². The molecule has 1 amide bonds. The number of imidazole rings is 1. The van der Waals surface area contributed by atoms with E-state index in [9.17, 15) is 48.4 Å². The topological polar surface area (TPSA) is 362 Å². The van der Waals surface area contributed by atoms with Crippen LogP contribution in [0.25, 0.3) is 11.2 Å². The predicted octanol–water partition coefficient (Wildman–Crippen LogP) is -1.21. The van der Waals surface area contributed by atoms with E-state index in [4.69, 9.17) is 30.2 Å². The molecule has 4 aromatic heterocycles. The van der Waals surface area contributed by atoms with Gasteiger partial charge >= 0.3 is 27.1 Å². The first-order valence-corrected chi connectivity index (χ1v) is 21.2. The van der Waals surface area contributed by atoms with E-state index < -0.39 is 101 Å². The van der Waals surface area contributed by atoms with Gasteiger partial charge in [0.15, 0.2) is 30.0 Å². The summed E-state index contributed by atoms with van der Waals surface area (Å²) in [6.45, 7) is 1.61. The number of fused-ring (bicyclic) bond motifs is 1. The third-order valence-electron chi connectivity index (χ3n) is 9.74. The molecule has 6 heterocycles. The van der Waals surface area contributed by atoms with Gasteiger partial charge in [-0.3, -0.25) is 28.0 Å². The molecule has 9 N–H and O–H groups in total. The molecule has 2 fully saturated rings. The first kappa shape index (κ1) is 44.5. The molecular formula is C33H42N10O15P2. The highest BCUT2D eigenvalue weighted by Gasteiger charge is 2.56. The van der Waals surface area contributed by atoms with Gasteiger partial charge in [-0.15, -0.1) is 6.58 Å². The number of phosphoric ester groups is 1. The number of aliphatic hydroxyl groups excluding tert-OH is 2.